The van der Waals surface area contributed by atoms with Gasteiger partial charge in [0, 0.05) is 5.92 Å². The molecule has 0 unspecified atom stereocenters. The van der Waals surface area contributed by atoms with Crippen molar-refractivity contribution in [2.75, 3.05) is 6.61 Å². The highest BCUT2D eigenvalue weighted by atomic mass is 19.4. The zero-order valence-electron chi connectivity index (χ0n) is 8.79. The topological polar surface area (TPSA) is 75.6 Å². The van der Waals surface area contributed by atoms with E-state index in [9.17, 15) is 22.8 Å². The quantitative estimate of drug-likeness (QED) is 0.737. The van der Waals surface area contributed by atoms with Crippen molar-refractivity contribution in [1.29, 1.82) is 0 Å². The number of hydroxylamine groups is 1. The van der Waals surface area contributed by atoms with E-state index >= 15 is 0 Å². The van der Waals surface area contributed by atoms with Crippen molar-refractivity contribution in [2.24, 2.45) is 11.8 Å². The number of halogens is 3. The van der Waals surface area contributed by atoms with Crippen LogP contribution in [-0.2, 0) is 14.4 Å². The third kappa shape index (κ3) is 4.59. The van der Waals surface area contributed by atoms with Crippen LogP contribution in [0.4, 0.5) is 13.2 Å². The molecule has 0 saturated heterocycles. The van der Waals surface area contributed by atoms with Crippen molar-refractivity contribution < 1.29 is 32.7 Å². The van der Waals surface area contributed by atoms with Gasteiger partial charge in [-0.25, -0.2) is 5.48 Å². The number of nitrogens with one attached hydrogen (secondary N) is 1. The number of rotatable bonds is 4. The lowest BCUT2D eigenvalue weighted by Crippen LogP contribution is -2.33. The zero-order valence-corrected chi connectivity index (χ0v) is 8.79. The molecule has 1 aliphatic carbocycles. The van der Waals surface area contributed by atoms with Crippen LogP contribution in [0.3, 0.4) is 0 Å². The Labute approximate surface area is 94.9 Å². The highest BCUT2D eigenvalue weighted by Gasteiger charge is 2.34. The van der Waals surface area contributed by atoms with E-state index in [0.717, 1.165) is 0 Å². The Bertz CT molecular complexity index is 305. The third-order valence-electron chi connectivity index (χ3n) is 2.56. The van der Waals surface area contributed by atoms with Crippen LogP contribution in [0.2, 0.25) is 0 Å². The lowest BCUT2D eigenvalue weighted by Gasteiger charge is -2.11. The van der Waals surface area contributed by atoms with Gasteiger partial charge in [-0.3, -0.25) is 14.4 Å². The van der Waals surface area contributed by atoms with Crippen LogP contribution in [0.25, 0.3) is 0 Å². The van der Waals surface area contributed by atoms with Crippen LogP contribution < -0.4 is 5.48 Å². The molecule has 2 atom stereocenters. The molecule has 1 saturated carbocycles. The second kappa shape index (κ2) is 5.35. The van der Waals surface area contributed by atoms with Gasteiger partial charge in [0.1, 0.15) is 0 Å². The van der Waals surface area contributed by atoms with Crippen LogP contribution in [0.1, 0.15) is 19.3 Å². The first-order valence-electron chi connectivity index (χ1n) is 5.01. The zero-order chi connectivity index (χ0) is 13.1. The molecule has 0 radical (unpaired) electrons. The molecule has 0 aromatic rings. The van der Waals surface area contributed by atoms with Crippen molar-refractivity contribution in [3.8, 4) is 0 Å². The average Bonchev–Trinajstić information content (AvgIpc) is 2.63. The summed E-state index contributed by atoms with van der Waals surface area (Å²) in [7, 11) is 0. The maximum atomic E-state index is 11.7. The number of carbonyl (C=O) groups excluding carboxylic acids is 1. The summed E-state index contributed by atoms with van der Waals surface area (Å²) in [6, 6.07) is 0. The van der Waals surface area contributed by atoms with Crippen molar-refractivity contribution in [3.63, 3.8) is 0 Å². The molecule has 0 aromatic carbocycles. The largest absolute Gasteiger partial charge is 0.481 e. The summed E-state index contributed by atoms with van der Waals surface area (Å²) in [4.78, 5) is 25.9. The fourth-order valence-electron chi connectivity index (χ4n) is 1.72. The van der Waals surface area contributed by atoms with E-state index in [4.69, 9.17) is 5.11 Å². The second-order valence-electron chi connectivity index (χ2n) is 3.92. The van der Waals surface area contributed by atoms with Crippen LogP contribution >= 0.6 is 0 Å². The van der Waals surface area contributed by atoms with Gasteiger partial charge in [0.05, 0.1) is 5.92 Å². The molecular formula is C9H12F3NO4. The summed E-state index contributed by atoms with van der Waals surface area (Å²) in [5, 5.41) is 8.68. The summed E-state index contributed by atoms with van der Waals surface area (Å²) in [6.45, 7) is -1.56. The van der Waals surface area contributed by atoms with Crippen LogP contribution in [-0.4, -0.2) is 29.8 Å². The van der Waals surface area contributed by atoms with E-state index < -0.39 is 36.5 Å². The van der Waals surface area contributed by atoms with Crippen LogP contribution in [0.5, 0.6) is 0 Å². The summed E-state index contributed by atoms with van der Waals surface area (Å²) in [5.74, 6) is -2.88. The normalized spacial score (nSPS) is 24.6. The molecular weight excluding hydrogens is 243 g/mol. The Kier molecular flexibility index (Phi) is 4.33. The Hall–Kier alpha value is -1.31. The number of carbonyl (C=O) groups is 2. The van der Waals surface area contributed by atoms with Crippen molar-refractivity contribution in [1.82, 2.24) is 5.48 Å². The molecule has 5 nitrogen and oxygen atoms in total. The highest BCUT2D eigenvalue weighted by Crippen LogP contribution is 2.31. The molecule has 0 bridgehead atoms. The maximum absolute atomic E-state index is 11.7. The summed E-state index contributed by atoms with van der Waals surface area (Å²) in [5.41, 5.74) is 1.69. The molecule has 1 rings (SSSR count). The van der Waals surface area contributed by atoms with Crippen LogP contribution in [0.15, 0.2) is 0 Å². The summed E-state index contributed by atoms with van der Waals surface area (Å²) < 4.78 is 35.1. The van der Waals surface area contributed by atoms with Gasteiger partial charge in [-0.15, -0.1) is 0 Å². The van der Waals surface area contributed by atoms with Gasteiger partial charge < -0.3 is 5.11 Å². The number of amides is 1. The molecule has 1 aliphatic rings. The Balaban J connectivity index is 2.28. The molecule has 0 heterocycles. The first kappa shape index (κ1) is 13.8. The SMILES string of the molecule is O=C(O)[C@H]1CC[C@@H](C(=O)NOCC(F)(F)F)C1. The first-order valence-corrected chi connectivity index (χ1v) is 5.01. The fourth-order valence-corrected chi connectivity index (χ4v) is 1.72. The van der Waals surface area contributed by atoms with Gasteiger partial charge in [-0.1, -0.05) is 0 Å². The molecule has 0 aromatic heterocycles. The Morgan fingerprint density at radius 3 is 2.35 bits per heavy atom. The van der Waals surface area contributed by atoms with Gasteiger partial charge >= 0.3 is 12.1 Å². The lowest BCUT2D eigenvalue weighted by molar-refractivity contribution is -0.192. The number of aliphatic carboxylic acids is 1. The third-order valence-corrected chi connectivity index (χ3v) is 2.56. The number of hydrogen-bond acceptors (Lipinski definition) is 3. The number of hydrogen-bond donors (Lipinski definition) is 2. The van der Waals surface area contributed by atoms with Gasteiger partial charge in [0.25, 0.3) is 0 Å². The van der Waals surface area contributed by atoms with E-state index in [0.29, 0.717) is 12.8 Å². The number of carboxylic acid groups (broad SMARTS) is 1. The minimum Gasteiger partial charge on any atom is -0.481 e. The molecule has 17 heavy (non-hydrogen) atoms. The van der Waals surface area contributed by atoms with E-state index in [2.05, 4.69) is 4.84 Å². The van der Waals surface area contributed by atoms with Gasteiger partial charge in [0.15, 0.2) is 6.61 Å². The van der Waals surface area contributed by atoms with E-state index in [-0.39, 0.29) is 6.42 Å². The van der Waals surface area contributed by atoms with Gasteiger partial charge in [-0.2, -0.15) is 13.2 Å². The van der Waals surface area contributed by atoms with Gasteiger partial charge in [0.2, 0.25) is 5.91 Å². The van der Waals surface area contributed by atoms with E-state index in [1.165, 1.54) is 0 Å². The molecule has 98 valence electrons. The van der Waals surface area contributed by atoms with Crippen molar-refractivity contribution in [3.05, 3.63) is 0 Å². The van der Waals surface area contributed by atoms with E-state index in [1.54, 1.807) is 5.48 Å². The minimum atomic E-state index is -4.51. The van der Waals surface area contributed by atoms with Crippen molar-refractivity contribution in [2.45, 2.75) is 25.4 Å². The summed E-state index contributed by atoms with van der Waals surface area (Å²) in [6.07, 6.45) is -3.67. The lowest BCUT2D eigenvalue weighted by atomic mass is 10.1. The number of carboxylic acids is 1. The van der Waals surface area contributed by atoms with Gasteiger partial charge in [-0.05, 0) is 19.3 Å². The second-order valence-corrected chi connectivity index (χ2v) is 3.92. The Morgan fingerprint density at radius 1 is 1.29 bits per heavy atom. The summed E-state index contributed by atoms with van der Waals surface area (Å²) >= 11 is 0. The molecule has 0 spiro atoms. The standard InChI is InChI=1S/C9H12F3NO4/c10-9(11,12)4-17-13-7(14)5-1-2-6(3-5)8(15)16/h5-6H,1-4H2,(H,13,14)(H,15,16)/t5-,6+/m1/s1. The monoisotopic (exact) mass is 255 g/mol. The molecule has 1 fully saturated rings. The molecule has 1 amide bonds. The van der Waals surface area contributed by atoms with Crippen LogP contribution in [0, 0.1) is 11.8 Å². The van der Waals surface area contributed by atoms with Crippen molar-refractivity contribution >= 4 is 11.9 Å². The highest BCUT2D eigenvalue weighted by molar-refractivity contribution is 5.80. The first-order chi connectivity index (χ1) is 7.79. The Morgan fingerprint density at radius 2 is 1.88 bits per heavy atom. The molecule has 0 aliphatic heterocycles. The molecule has 2 N–H and O–H groups in total. The minimum absolute atomic E-state index is 0.135. The predicted octanol–water partition coefficient (Wildman–Crippen LogP) is 1.10. The predicted molar refractivity (Wildman–Crippen MR) is 48.6 cm³/mol. The fraction of sp³-hybridized carbons (Fsp3) is 0.778. The number of alkyl halides is 3. The molecule has 8 heteroatoms. The van der Waals surface area contributed by atoms with E-state index in [1.807, 2.05) is 0 Å². The maximum Gasteiger partial charge on any atom is 0.414 e. The average molecular weight is 255 g/mol. The smallest absolute Gasteiger partial charge is 0.414 e.